The van der Waals surface area contributed by atoms with Crippen LogP contribution >= 0.6 is 0 Å². The van der Waals surface area contributed by atoms with E-state index in [1.54, 1.807) is 0 Å². The third-order valence-electron chi connectivity index (χ3n) is 8.92. The highest BCUT2D eigenvalue weighted by atomic mass is 16.3. The van der Waals surface area contributed by atoms with E-state index < -0.39 is 0 Å². The van der Waals surface area contributed by atoms with Gasteiger partial charge in [-0.2, -0.15) is 0 Å². The molecule has 0 spiro atoms. The third kappa shape index (κ3) is 4.23. The van der Waals surface area contributed by atoms with Crippen molar-refractivity contribution in [1.29, 1.82) is 0 Å². The van der Waals surface area contributed by atoms with E-state index in [0.717, 1.165) is 44.4 Å². The zero-order valence-corrected chi connectivity index (χ0v) is 25.5. The van der Waals surface area contributed by atoms with Gasteiger partial charge in [0.2, 0.25) is 0 Å². The van der Waals surface area contributed by atoms with Gasteiger partial charge in [-0.1, -0.05) is 94.4 Å². The molecule has 0 atom stereocenters. The molecule has 3 nitrogen and oxygen atoms in total. The van der Waals surface area contributed by atoms with Gasteiger partial charge in [0.1, 0.15) is 17.0 Å². The normalized spacial score (nSPS) is 12.0. The van der Waals surface area contributed by atoms with Gasteiger partial charge < -0.3 is 4.42 Å². The van der Waals surface area contributed by atoms with Crippen molar-refractivity contribution in [2.45, 2.75) is 39.5 Å². The third-order valence-corrected chi connectivity index (χ3v) is 8.92. The summed E-state index contributed by atoms with van der Waals surface area (Å²) >= 11 is 0. The molecule has 0 radical (unpaired) electrons. The van der Waals surface area contributed by atoms with E-state index in [4.69, 9.17) is 9.40 Å². The van der Waals surface area contributed by atoms with Crippen LogP contribution in [0.15, 0.2) is 126 Å². The predicted octanol–water partition coefficient (Wildman–Crippen LogP) is 11.7. The second-order valence-electron chi connectivity index (χ2n) is 12.4. The first-order chi connectivity index (χ1) is 21.5. The fourth-order valence-electron chi connectivity index (χ4n) is 6.67. The van der Waals surface area contributed by atoms with E-state index in [2.05, 4.69) is 141 Å². The highest BCUT2D eigenvalue weighted by Gasteiger charge is 2.24. The number of hydrogen-bond donors (Lipinski definition) is 0. The van der Waals surface area contributed by atoms with Crippen molar-refractivity contribution in [3.05, 3.63) is 132 Å². The lowest BCUT2D eigenvalue weighted by molar-refractivity contribution is 0.669. The minimum atomic E-state index is 0.303. The van der Waals surface area contributed by atoms with Gasteiger partial charge in [0.15, 0.2) is 0 Å². The standard InChI is InChI=1S/C41H34N2O/c1-25(2)33-23-31(29-18-17-27-11-5-6-12-28(27)21-29)24-34(26(3)4)40(33)43-37-15-9-8-14-36(37)42-41(43)30-19-20-39-35(22-30)32-13-7-10-16-38(32)44-39/h5-26H,1-4H3. The van der Waals surface area contributed by atoms with Gasteiger partial charge in [0.05, 0.1) is 16.7 Å². The predicted molar refractivity (Wildman–Crippen MR) is 185 cm³/mol. The summed E-state index contributed by atoms with van der Waals surface area (Å²) in [6.07, 6.45) is 0. The van der Waals surface area contributed by atoms with Gasteiger partial charge in [-0.15, -0.1) is 0 Å². The van der Waals surface area contributed by atoms with Crippen molar-refractivity contribution in [1.82, 2.24) is 9.55 Å². The Bertz CT molecular complexity index is 2320. The summed E-state index contributed by atoms with van der Waals surface area (Å²) < 4.78 is 8.58. The van der Waals surface area contributed by atoms with Crippen molar-refractivity contribution in [3.8, 4) is 28.2 Å². The zero-order chi connectivity index (χ0) is 29.9. The Hall–Kier alpha value is -5.15. The topological polar surface area (TPSA) is 31.0 Å². The molecule has 0 fully saturated rings. The number of hydrogen-bond acceptors (Lipinski definition) is 2. The minimum Gasteiger partial charge on any atom is -0.456 e. The molecule has 8 aromatic rings. The maximum absolute atomic E-state index is 6.17. The minimum absolute atomic E-state index is 0.303. The Kier molecular flexibility index (Phi) is 6.16. The molecule has 2 heterocycles. The van der Waals surface area contributed by atoms with Crippen molar-refractivity contribution < 1.29 is 4.42 Å². The fraction of sp³-hybridized carbons (Fsp3) is 0.146. The van der Waals surface area contributed by atoms with E-state index in [9.17, 15) is 0 Å². The van der Waals surface area contributed by atoms with Gasteiger partial charge in [-0.3, -0.25) is 4.57 Å². The van der Waals surface area contributed by atoms with Crippen LogP contribution < -0.4 is 0 Å². The van der Waals surface area contributed by atoms with Crippen LogP contribution in [0.5, 0.6) is 0 Å². The molecule has 214 valence electrons. The van der Waals surface area contributed by atoms with Gasteiger partial charge in [0, 0.05) is 16.3 Å². The Morgan fingerprint density at radius 1 is 0.545 bits per heavy atom. The Labute approximate surface area is 257 Å². The molecule has 0 aliphatic rings. The SMILES string of the molecule is CC(C)c1cc(-c2ccc3ccccc3c2)cc(C(C)C)c1-n1c(-c2ccc3oc4ccccc4c3c2)nc2ccccc21. The summed E-state index contributed by atoms with van der Waals surface area (Å²) in [4.78, 5) is 5.28. The molecule has 0 aliphatic carbocycles. The van der Waals surface area contributed by atoms with Gasteiger partial charge in [-0.05, 0) is 99.5 Å². The summed E-state index contributed by atoms with van der Waals surface area (Å²) in [5, 5.41) is 4.75. The van der Waals surface area contributed by atoms with Gasteiger partial charge >= 0.3 is 0 Å². The van der Waals surface area contributed by atoms with Crippen LogP contribution in [0.25, 0.3) is 71.9 Å². The van der Waals surface area contributed by atoms with Crippen molar-refractivity contribution in [2.24, 2.45) is 0 Å². The molecule has 44 heavy (non-hydrogen) atoms. The maximum atomic E-state index is 6.17. The lowest BCUT2D eigenvalue weighted by Crippen LogP contribution is -2.09. The van der Waals surface area contributed by atoms with Crippen LogP contribution in [0.4, 0.5) is 0 Å². The molecule has 6 aromatic carbocycles. The molecular weight excluding hydrogens is 536 g/mol. The van der Waals surface area contributed by atoms with Crippen molar-refractivity contribution in [3.63, 3.8) is 0 Å². The van der Waals surface area contributed by atoms with Crippen molar-refractivity contribution >= 4 is 43.7 Å². The van der Waals surface area contributed by atoms with Crippen LogP contribution in [0, 0.1) is 0 Å². The zero-order valence-electron chi connectivity index (χ0n) is 25.5. The first kappa shape index (κ1) is 26.5. The first-order valence-corrected chi connectivity index (χ1v) is 15.5. The number of para-hydroxylation sites is 3. The number of aromatic nitrogens is 2. The van der Waals surface area contributed by atoms with E-state index in [-0.39, 0.29) is 0 Å². The van der Waals surface area contributed by atoms with Crippen LogP contribution in [-0.2, 0) is 0 Å². The Morgan fingerprint density at radius 3 is 2.00 bits per heavy atom. The Morgan fingerprint density at radius 2 is 1.20 bits per heavy atom. The molecule has 3 heteroatoms. The molecule has 0 amide bonds. The van der Waals surface area contributed by atoms with Gasteiger partial charge in [0.25, 0.3) is 0 Å². The van der Waals surface area contributed by atoms with E-state index in [1.165, 1.54) is 38.7 Å². The number of nitrogens with zero attached hydrogens (tertiary/aromatic N) is 2. The van der Waals surface area contributed by atoms with E-state index >= 15 is 0 Å². The number of rotatable bonds is 5. The average Bonchev–Trinajstić information content (AvgIpc) is 3.62. The highest BCUT2D eigenvalue weighted by Crippen LogP contribution is 2.41. The molecule has 8 rings (SSSR count). The largest absolute Gasteiger partial charge is 0.456 e. The van der Waals surface area contributed by atoms with Crippen LogP contribution in [0.3, 0.4) is 0 Å². The number of benzene rings is 6. The van der Waals surface area contributed by atoms with Crippen molar-refractivity contribution in [2.75, 3.05) is 0 Å². The highest BCUT2D eigenvalue weighted by molar-refractivity contribution is 6.06. The molecule has 0 aliphatic heterocycles. The second kappa shape index (κ2) is 10.2. The number of imidazole rings is 1. The molecule has 0 saturated carbocycles. The quantitative estimate of drug-likeness (QED) is 0.206. The average molecular weight is 571 g/mol. The summed E-state index contributed by atoms with van der Waals surface area (Å²) in [6.45, 7) is 9.20. The Balaban J connectivity index is 1.41. The van der Waals surface area contributed by atoms with Gasteiger partial charge in [-0.25, -0.2) is 4.98 Å². The molecule has 0 bridgehead atoms. The summed E-state index contributed by atoms with van der Waals surface area (Å²) in [5.74, 6) is 1.55. The number of furan rings is 1. The molecule has 0 N–H and O–H groups in total. The molecule has 2 aromatic heterocycles. The van der Waals surface area contributed by atoms with Crippen LogP contribution in [0.1, 0.15) is 50.7 Å². The molecular formula is C41H34N2O. The summed E-state index contributed by atoms with van der Waals surface area (Å²) in [7, 11) is 0. The maximum Gasteiger partial charge on any atom is 0.145 e. The summed E-state index contributed by atoms with van der Waals surface area (Å²) in [6, 6.07) is 43.5. The number of fused-ring (bicyclic) bond motifs is 5. The molecule has 0 saturated heterocycles. The lowest BCUT2D eigenvalue weighted by atomic mass is 9.87. The van der Waals surface area contributed by atoms with E-state index in [1.807, 2.05) is 12.1 Å². The molecule has 0 unspecified atom stereocenters. The lowest BCUT2D eigenvalue weighted by Gasteiger charge is -2.24. The second-order valence-corrected chi connectivity index (χ2v) is 12.4. The first-order valence-electron chi connectivity index (χ1n) is 15.5. The fourth-order valence-corrected chi connectivity index (χ4v) is 6.67. The summed E-state index contributed by atoms with van der Waals surface area (Å²) in [5.41, 5.74) is 11.3. The van der Waals surface area contributed by atoms with Crippen LogP contribution in [0.2, 0.25) is 0 Å². The smallest absolute Gasteiger partial charge is 0.145 e. The monoisotopic (exact) mass is 570 g/mol. The van der Waals surface area contributed by atoms with E-state index in [0.29, 0.717) is 11.8 Å². The van der Waals surface area contributed by atoms with Crippen LogP contribution in [-0.4, -0.2) is 9.55 Å².